The van der Waals surface area contributed by atoms with Crippen molar-refractivity contribution in [1.29, 1.82) is 0 Å². The fraction of sp³-hybridized carbons (Fsp3) is 1.00. The van der Waals surface area contributed by atoms with Crippen molar-refractivity contribution in [3.8, 4) is 0 Å². The van der Waals surface area contributed by atoms with Crippen molar-refractivity contribution in [2.45, 2.75) is 79.6 Å². The second-order valence-corrected chi connectivity index (χ2v) is 10.4. The Labute approximate surface area is 119 Å². The zero-order valence-electron chi connectivity index (χ0n) is 13.4. The van der Waals surface area contributed by atoms with Gasteiger partial charge < -0.3 is 9.62 Å². The normalized spacial score (nSPS) is 19.7. The highest BCUT2D eigenvalue weighted by Gasteiger charge is 2.45. The Hall–Kier alpha value is 0.910. The molecule has 0 atom stereocenters. The molecule has 0 aromatic heterocycles. The van der Waals surface area contributed by atoms with E-state index in [0.29, 0.717) is 24.2 Å². The zero-order valence-corrected chi connectivity index (χ0v) is 15.4. The van der Waals surface area contributed by atoms with E-state index in [0.717, 1.165) is 29.2 Å². The van der Waals surface area contributed by atoms with Crippen molar-refractivity contribution in [3.63, 3.8) is 0 Å². The van der Waals surface area contributed by atoms with Gasteiger partial charge in [-0.1, -0.05) is 55.4 Å². The van der Waals surface area contributed by atoms with Gasteiger partial charge in [-0.15, -0.1) is 16.7 Å². The van der Waals surface area contributed by atoms with E-state index in [2.05, 4.69) is 65.0 Å². The summed E-state index contributed by atoms with van der Waals surface area (Å²) in [5.41, 5.74) is 0. The maximum atomic E-state index is 2.71. The molecule has 6 heteroatoms. The van der Waals surface area contributed by atoms with Gasteiger partial charge in [0.05, 0.1) is 0 Å². The van der Waals surface area contributed by atoms with Crippen molar-refractivity contribution in [2.24, 2.45) is 0 Å². The van der Waals surface area contributed by atoms with Crippen LogP contribution in [-0.2, 0) is 0 Å². The van der Waals surface area contributed by atoms with Crippen LogP contribution in [-0.4, -0.2) is 46.4 Å². The minimum absolute atomic E-state index is 0.683. The van der Waals surface area contributed by atoms with Gasteiger partial charge in [-0.25, -0.2) is 0 Å². The van der Waals surface area contributed by atoms with E-state index in [1.807, 2.05) is 0 Å². The van der Waals surface area contributed by atoms with Crippen molar-refractivity contribution < 1.29 is 0 Å². The van der Waals surface area contributed by atoms with Gasteiger partial charge >= 0.3 is 0 Å². The van der Waals surface area contributed by atoms with Crippen LogP contribution in [0.5, 0.6) is 0 Å². The van der Waals surface area contributed by atoms with Gasteiger partial charge in [-0.3, -0.25) is 0 Å². The lowest BCUT2D eigenvalue weighted by Crippen LogP contribution is -2.55. The van der Waals surface area contributed by atoms with Gasteiger partial charge in [-0.2, -0.15) is 0 Å². The Bertz CT molecular complexity index is 216. The van der Waals surface area contributed by atoms with Crippen LogP contribution in [0, 0.1) is 0 Å². The van der Waals surface area contributed by atoms with E-state index in [1.165, 1.54) is 0 Å². The molecule has 0 radical (unpaired) electrons. The molecule has 104 valence electrons. The van der Waals surface area contributed by atoms with Crippen LogP contribution < -0.4 is 0 Å². The van der Waals surface area contributed by atoms with Crippen LogP contribution in [0.15, 0.2) is 0 Å². The molecular weight excluding hydrogens is 256 g/mol. The highest BCUT2D eigenvalue weighted by atomic mass is 31.2. The molecule has 1 fully saturated rings. The SMILES string of the molecule is CC(C)N(B1PB(N(C(C)C)C(C)C)P1)C(C)C. The molecule has 1 saturated heterocycles. The second kappa shape index (κ2) is 7.07. The molecule has 1 aliphatic heterocycles. The predicted octanol–water partition coefficient (Wildman–Crippen LogP) is 3.56. The molecule has 2 nitrogen and oxygen atoms in total. The summed E-state index contributed by atoms with van der Waals surface area (Å²) >= 11 is 0. The van der Waals surface area contributed by atoms with Crippen molar-refractivity contribution in [3.05, 3.63) is 0 Å². The average molecular weight is 286 g/mol. The van der Waals surface area contributed by atoms with Gasteiger partial charge in [0.2, 0.25) is 0 Å². The van der Waals surface area contributed by atoms with E-state index in [9.17, 15) is 0 Å². The first kappa shape index (κ1) is 17.0. The first-order valence-corrected chi connectivity index (χ1v) is 9.63. The molecule has 0 spiro atoms. The van der Waals surface area contributed by atoms with E-state index in [-0.39, 0.29) is 0 Å². The molecule has 0 unspecified atom stereocenters. The number of rotatable bonds is 6. The largest absolute Gasteiger partial charge is 0.331 e. The highest BCUT2D eigenvalue weighted by molar-refractivity contribution is 8.48. The van der Waals surface area contributed by atoms with Crippen LogP contribution in [0.2, 0.25) is 0 Å². The van der Waals surface area contributed by atoms with Gasteiger partial charge in [0, 0.05) is 0 Å². The number of nitrogens with zero attached hydrogens (tertiary/aromatic N) is 2. The summed E-state index contributed by atoms with van der Waals surface area (Å²) in [4.78, 5) is 5.43. The molecule has 1 rings (SSSR count). The molecule has 0 aromatic rings. The van der Waals surface area contributed by atoms with Crippen LogP contribution in [0.4, 0.5) is 0 Å². The van der Waals surface area contributed by atoms with E-state index in [4.69, 9.17) is 0 Å². The Balaban J connectivity index is 2.56. The topological polar surface area (TPSA) is 6.48 Å². The van der Waals surface area contributed by atoms with Crippen LogP contribution in [0.25, 0.3) is 0 Å². The monoisotopic (exact) mass is 286 g/mol. The Morgan fingerprint density at radius 3 is 0.944 bits per heavy atom. The van der Waals surface area contributed by atoms with Crippen molar-refractivity contribution >= 4 is 29.2 Å². The Morgan fingerprint density at radius 1 is 0.556 bits per heavy atom. The maximum absolute atomic E-state index is 2.71. The minimum Gasteiger partial charge on any atom is -0.331 e. The summed E-state index contributed by atoms with van der Waals surface area (Å²) in [6.07, 6.45) is 1.71. The zero-order chi connectivity index (χ0) is 14.0. The van der Waals surface area contributed by atoms with Gasteiger partial charge in [0.1, 0.15) is 0 Å². The molecule has 0 aromatic carbocycles. The fourth-order valence-corrected chi connectivity index (χ4v) is 8.09. The number of hydrogen-bond acceptors (Lipinski definition) is 2. The lowest BCUT2D eigenvalue weighted by Gasteiger charge is -2.49. The van der Waals surface area contributed by atoms with Gasteiger partial charge in [-0.05, 0) is 24.2 Å². The summed E-state index contributed by atoms with van der Waals surface area (Å²) in [6.45, 7) is 18.7. The summed E-state index contributed by atoms with van der Waals surface area (Å²) < 4.78 is 0. The molecule has 0 saturated carbocycles. The maximum Gasteiger partial charge on any atom is 0.262 e. The molecule has 0 aliphatic carbocycles. The molecule has 1 heterocycles. The van der Waals surface area contributed by atoms with E-state index in [1.54, 1.807) is 0 Å². The summed E-state index contributed by atoms with van der Waals surface area (Å²) in [6, 6.07) is 2.73. The third-order valence-corrected chi connectivity index (χ3v) is 8.07. The fourth-order valence-electron chi connectivity index (χ4n) is 3.03. The first-order chi connectivity index (χ1) is 8.25. The van der Waals surface area contributed by atoms with Crippen molar-refractivity contribution in [2.75, 3.05) is 0 Å². The number of hydrogen-bond donors (Lipinski definition) is 0. The Morgan fingerprint density at radius 2 is 0.778 bits per heavy atom. The van der Waals surface area contributed by atoms with Crippen LogP contribution >= 0.6 is 16.7 Å². The Kier molecular flexibility index (Phi) is 6.66. The first-order valence-electron chi connectivity index (χ1n) is 7.32. The van der Waals surface area contributed by atoms with Gasteiger partial charge in [0.15, 0.2) is 0 Å². The summed E-state index contributed by atoms with van der Waals surface area (Å²) in [5, 5.41) is 0. The minimum atomic E-state index is 0.683. The third kappa shape index (κ3) is 3.95. The smallest absolute Gasteiger partial charge is 0.262 e. The predicted molar refractivity (Wildman–Crippen MR) is 92.4 cm³/mol. The molecule has 0 N–H and O–H groups in total. The molecule has 1 aliphatic rings. The summed E-state index contributed by atoms with van der Waals surface area (Å²) in [7, 11) is 2.20. The van der Waals surface area contributed by atoms with Gasteiger partial charge in [0.25, 0.3) is 12.6 Å². The van der Waals surface area contributed by atoms with E-state index < -0.39 is 0 Å². The molecule has 0 bridgehead atoms. The summed E-state index contributed by atoms with van der Waals surface area (Å²) in [5.74, 6) is 0. The van der Waals surface area contributed by atoms with Crippen LogP contribution in [0.3, 0.4) is 0 Å². The molecule has 18 heavy (non-hydrogen) atoms. The molecule has 0 amide bonds. The lowest BCUT2D eigenvalue weighted by atomic mass is 10.1. The highest BCUT2D eigenvalue weighted by Crippen LogP contribution is 2.55. The van der Waals surface area contributed by atoms with Crippen LogP contribution in [0.1, 0.15) is 55.4 Å². The van der Waals surface area contributed by atoms with Crippen molar-refractivity contribution in [1.82, 2.24) is 9.62 Å². The molecular formula is C12H30B2N2P2. The third-order valence-electron chi connectivity index (χ3n) is 3.61. The lowest BCUT2D eigenvalue weighted by molar-refractivity contribution is 0.310. The second-order valence-electron chi connectivity index (χ2n) is 6.41. The average Bonchev–Trinajstić information content (AvgIpc) is 2.11. The quantitative estimate of drug-likeness (QED) is 0.544. The van der Waals surface area contributed by atoms with E-state index >= 15 is 0 Å². The standard InChI is InChI=1S/C12H30B2N2P2/c1-9(2)15(10(3)4)13-17-14(18-13)16(11(5)6)12(7)8/h9-12,17-18H,1-8H3.